The van der Waals surface area contributed by atoms with Gasteiger partial charge in [-0.05, 0) is 34.4 Å². The van der Waals surface area contributed by atoms with Gasteiger partial charge in [0.15, 0.2) is 0 Å². The number of nitrogen functional groups attached to an aromatic ring is 1. The quantitative estimate of drug-likeness (QED) is 0.247. The van der Waals surface area contributed by atoms with Crippen molar-refractivity contribution in [3.8, 4) is 0 Å². The molecule has 203 valence electrons. The van der Waals surface area contributed by atoms with Crippen LogP contribution in [0.4, 0.5) is 11.6 Å². The average molecular weight is 590 g/mol. The standard InChI is InChI=1S/C33H22N8.Co/c1-18-19-10-2-4-12-21(19)28(35-18)37-30-23-14-6-8-16-25(23)32(39-30)41-33-26-17-9-7-15-24(26)31(40-33)38-29-22-13-5-3-11-20(22)27(34)36-29;/h2-18H,34H2,1H3;/q-2;+2. The van der Waals surface area contributed by atoms with Crippen molar-refractivity contribution in [1.82, 2.24) is 4.98 Å². The number of hydrogen-bond acceptors (Lipinski definition) is 5. The van der Waals surface area contributed by atoms with Gasteiger partial charge in [-0.1, -0.05) is 97.1 Å². The summed E-state index contributed by atoms with van der Waals surface area (Å²) in [6.07, 6.45) is 0. The van der Waals surface area contributed by atoms with Crippen LogP contribution in [0.5, 0.6) is 0 Å². The van der Waals surface area contributed by atoms with E-state index in [4.69, 9.17) is 36.0 Å². The van der Waals surface area contributed by atoms with Crippen molar-refractivity contribution in [2.24, 2.45) is 25.0 Å². The third-order valence-electron chi connectivity index (χ3n) is 7.51. The smallest absolute Gasteiger partial charge is 0.455 e. The predicted octanol–water partition coefficient (Wildman–Crippen LogP) is 6.32. The molecule has 4 heterocycles. The van der Waals surface area contributed by atoms with Crippen molar-refractivity contribution in [3.05, 3.63) is 136 Å². The molecule has 9 heteroatoms. The largest absolute Gasteiger partial charge is 2.00 e. The van der Waals surface area contributed by atoms with E-state index in [0.717, 1.165) is 38.6 Å². The van der Waals surface area contributed by atoms with E-state index in [9.17, 15) is 0 Å². The normalized spacial score (nSPS) is 19.4. The summed E-state index contributed by atoms with van der Waals surface area (Å²) in [5.41, 5.74) is 11.9. The number of nitrogens with two attached hydrogens (primary N) is 1. The number of benzene rings is 4. The minimum absolute atomic E-state index is 0. The van der Waals surface area contributed by atoms with Crippen LogP contribution >= 0.6 is 0 Å². The van der Waals surface area contributed by atoms with E-state index < -0.39 is 0 Å². The zero-order valence-corrected chi connectivity index (χ0v) is 23.4. The van der Waals surface area contributed by atoms with E-state index in [-0.39, 0.29) is 22.8 Å². The average Bonchev–Trinajstić information content (AvgIpc) is 3.73. The van der Waals surface area contributed by atoms with Crippen molar-refractivity contribution < 1.29 is 16.8 Å². The van der Waals surface area contributed by atoms with Gasteiger partial charge in [-0.15, -0.1) is 0 Å². The molecule has 1 unspecified atom stereocenters. The van der Waals surface area contributed by atoms with Gasteiger partial charge in [0, 0.05) is 40.0 Å². The first-order valence-electron chi connectivity index (χ1n) is 13.4. The molecule has 0 bridgehead atoms. The van der Waals surface area contributed by atoms with Crippen LogP contribution in [-0.4, -0.2) is 29.2 Å². The zero-order chi connectivity index (χ0) is 27.5. The Morgan fingerprint density at radius 2 is 1.21 bits per heavy atom. The molecule has 0 aliphatic carbocycles. The van der Waals surface area contributed by atoms with E-state index >= 15 is 0 Å². The van der Waals surface area contributed by atoms with Crippen molar-refractivity contribution in [2.75, 3.05) is 5.73 Å². The number of amidine groups is 5. The molecular weight excluding hydrogens is 567 g/mol. The summed E-state index contributed by atoms with van der Waals surface area (Å²) < 4.78 is 0. The molecule has 0 saturated carbocycles. The Kier molecular flexibility index (Phi) is 6.18. The van der Waals surface area contributed by atoms with Gasteiger partial charge in [0.2, 0.25) is 0 Å². The molecule has 1 radical (unpaired) electrons. The molecule has 2 N–H and O–H groups in total. The van der Waals surface area contributed by atoms with Crippen LogP contribution in [-0.2, 0) is 16.8 Å². The monoisotopic (exact) mass is 589 g/mol. The fraction of sp³-hybridized carbons (Fsp3) is 0.0606. The Hall–Kier alpha value is -5.12. The van der Waals surface area contributed by atoms with Gasteiger partial charge in [0.25, 0.3) is 0 Å². The van der Waals surface area contributed by atoms with Crippen LogP contribution in [0.3, 0.4) is 0 Å². The Morgan fingerprint density at radius 3 is 1.95 bits per heavy atom. The summed E-state index contributed by atoms with van der Waals surface area (Å²) >= 11 is 0. The van der Waals surface area contributed by atoms with Gasteiger partial charge >= 0.3 is 16.8 Å². The molecule has 8 rings (SSSR count). The molecule has 1 aromatic heterocycles. The molecule has 1 atom stereocenters. The predicted molar refractivity (Wildman–Crippen MR) is 165 cm³/mol. The first-order valence-corrected chi connectivity index (χ1v) is 13.4. The molecule has 5 aromatic rings. The van der Waals surface area contributed by atoms with Crippen LogP contribution in [0.15, 0.2) is 122 Å². The van der Waals surface area contributed by atoms with Crippen LogP contribution in [0, 0.1) is 0 Å². The van der Waals surface area contributed by atoms with Crippen LogP contribution in [0.1, 0.15) is 46.3 Å². The number of fused-ring (bicyclic) bond motifs is 4. The van der Waals surface area contributed by atoms with E-state index in [1.807, 2.05) is 84.9 Å². The Balaban J connectivity index is 0.00000288. The number of aliphatic imine (C=N–C) groups is 5. The molecule has 0 fully saturated rings. The van der Waals surface area contributed by atoms with Gasteiger partial charge in [-0.25, -0.2) is 4.99 Å². The molecule has 0 saturated heterocycles. The van der Waals surface area contributed by atoms with Crippen molar-refractivity contribution in [2.45, 2.75) is 13.0 Å². The fourth-order valence-corrected chi connectivity index (χ4v) is 5.53. The van der Waals surface area contributed by atoms with Crippen LogP contribution < -0.4 is 10.7 Å². The summed E-state index contributed by atoms with van der Waals surface area (Å²) in [6, 6.07) is 31.9. The molecule has 0 amide bonds. The number of nitrogens with zero attached hydrogens (tertiary/aromatic N) is 7. The second kappa shape index (κ2) is 10.1. The molecule has 4 aromatic carbocycles. The van der Waals surface area contributed by atoms with Gasteiger partial charge in [0.05, 0.1) is 23.5 Å². The molecule has 3 aliphatic heterocycles. The molecule has 8 nitrogen and oxygen atoms in total. The maximum absolute atomic E-state index is 6.16. The fourth-order valence-electron chi connectivity index (χ4n) is 5.53. The van der Waals surface area contributed by atoms with Crippen molar-refractivity contribution in [1.29, 1.82) is 0 Å². The number of anilines is 1. The second-order valence-electron chi connectivity index (χ2n) is 10.0. The summed E-state index contributed by atoms with van der Waals surface area (Å²) in [6.45, 7) is 2.08. The Labute approximate surface area is 252 Å². The molecule has 0 spiro atoms. The topological polar surface area (TPSA) is 116 Å². The Morgan fingerprint density at radius 1 is 0.643 bits per heavy atom. The van der Waals surface area contributed by atoms with Crippen molar-refractivity contribution >= 4 is 51.6 Å². The van der Waals surface area contributed by atoms with E-state index in [1.54, 1.807) is 0 Å². The van der Waals surface area contributed by atoms with E-state index in [2.05, 4.69) is 24.0 Å². The number of rotatable bonds is 1. The summed E-state index contributed by atoms with van der Waals surface area (Å²) in [4.78, 5) is 28.8. The summed E-state index contributed by atoms with van der Waals surface area (Å²) in [5, 5.41) is 6.64. The van der Waals surface area contributed by atoms with Crippen LogP contribution in [0.2, 0.25) is 0 Å². The maximum atomic E-state index is 6.16. The number of hydrogen-bond donors (Lipinski definition) is 1. The first kappa shape index (κ1) is 25.8. The maximum Gasteiger partial charge on any atom is 2.00 e. The van der Waals surface area contributed by atoms with E-state index in [0.29, 0.717) is 40.8 Å². The Bertz CT molecular complexity index is 2060. The second-order valence-corrected chi connectivity index (χ2v) is 10.0. The summed E-state index contributed by atoms with van der Waals surface area (Å²) in [7, 11) is 0. The first-order chi connectivity index (χ1) is 20.1. The molecule has 42 heavy (non-hydrogen) atoms. The minimum atomic E-state index is 0. The third-order valence-corrected chi connectivity index (χ3v) is 7.51. The van der Waals surface area contributed by atoms with Gasteiger partial charge < -0.3 is 31.0 Å². The summed E-state index contributed by atoms with van der Waals surface area (Å²) in [5.74, 6) is 3.89. The third kappa shape index (κ3) is 4.09. The van der Waals surface area contributed by atoms with Gasteiger partial charge in [0.1, 0.15) is 0 Å². The zero-order valence-electron chi connectivity index (χ0n) is 22.4. The molecular formula is C33H22CoN8. The SMILES string of the molecule is CC1N=C(N=C2[N-]C(=NC3=N/C(=N\c4[n-]c(N)c5ccccc45)c4ccccc43)c3ccccc32)c2ccccc21.[Co+2]. The van der Waals surface area contributed by atoms with Crippen LogP contribution in [0.25, 0.3) is 16.1 Å². The van der Waals surface area contributed by atoms with E-state index in [1.165, 1.54) is 5.56 Å². The van der Waals surface area contributed by atoms with Gasteiger partial charge in [-0.3, -0.25) is 4.99 Å². The molecule has 3 aliphatic rings. The van der Waals surface area contributed by atoms with Crippen molar-refractivity contribution in [3.63, 3.8) is 0 Å². The number of aromatic nitrogens is 1. The minimum Gasteiger partial charge on any atom is -0.455 e. The van der Waals surface area contributed by atoms with Gasteiger partial charge in [-0.2, -0.15) is 0 Å².